The maximum Gasteiger partial charge on any atom is 0.247 e. The molecule has 2 fully saturated rings. The van der Waals surface area contributed by atoms with Crippen molar-refractivity contribution in [1.82, 2.24) is 9.80 Å². The van der Waals surface area contributed by atoms with Gasteiger partial charge in [0.05, 0.1) is 6.42 Å². The van der Waals surface area contributed by atoms with Crippen LogP contribution in [0, 0.1) is 5.92 Å². The number of carbonyl (C=O) groups is 2. The summed E-state index contributed by atoms with van der Waals surface area (Å²) in [5, 5.41) is 3.02. The molecule has 1 N–H and O–H groups in total. The average molecular weight is 420 g/mol. The molecule has 4 rings (SSSR count). The van der Waals surface area contributed by atoms with Crippen molar-refractivity contribution in [2.24, 2.45) is 5.92 Å². The number of nitrogens with zero attached hydrogens (tertiary/aromatic N) is 2. The molecule has 2 aliphatic rings. The van der Waals surface area contributed by atoms with E-state index in [1.54, 1.807) is 4.90 Å². The predicted molar refractivity (Wildman–Crippen MR) is 124 cm³/mol. The predicted octanol–water partition coefficient (Wildman–Crippen LogP) is 4.09. The number of benzene rings is 2. The van der Waals surface area contributed by atoms with E-state index in [-0.39, 0.29) is 17.9 Å². The van der Waals surface area contributed by atoms with E-state index in [1.807, 2.05) is 42.5 Å². The summed E-state index contributed by atoms with van der Waals surface area (Å²) in [6.07, 6.45) is 4.47. The second-order valence-electron chi connectivity index (χ2n) is 9.05. The van der Waals surface area contributed by atoms with Crippen LogP contribution in [0.2, 0.25) is 0 Å². The Morgan fingerprint density at radius 1 is 0.903 bits per heavy atom. The van der Waals surface area contributed by atoms with Gasteiger partial charge in [0.1, 0.15) is 6.04 Å². The Kier molecular flexibility index (Phi) is 7.03. The first-order valence-corrected chi connectivity index (χ1v) is 11.5. The van der Waals surface area contributed by atoms with Gasteiger partial charge in [-0.05, 0) is 68.0 Å². The van der Waals surface area contributed by atoms with Crippen molar-refractivity contribution in [3.8, 4) is 0 Å². The molecule has 0 bridgehead atoms. The van der Waals surface area contributed by atoms with E-state index in [0.29, 0.717) is 13.0 Å². The molecule has 5 nitrogen and oxygen atoms in total. The first kappa shape index (κ1) is 21.6. The average Bonchev–Trinajstić information content (AvgIpc) is 3.28. The van der Waals surface area contributed by atoms with Crippen LogP contribution in [0.4, 0.5) is 5.69 Å². The second kappa shape index (κ2) is 10.1. The van der Waals surface area contributed by atoms with E-state index in [2.05, 4.69) is 29.3 Å². The van der Waals surface area contributed by atoms with Gasteiger partial charge in [-0.15, -0.1) is 0 Å². The zero-order valence-corrected chi connectivity index (χ0v) is 18.4. The topological polar surface area (TPSA) is 52.7 Å². The van der Waals surface area contributed by atoms with Crippen LogP contribution in [0.1, 0.15) is 43.7 Å². The lowest BCUT2D eigenvalue weighted by atomic mass is 9.99. The Morgan fingerprint density at radius 3 is 2.32 bits per heavy atom. The smallest absolute Gasteiger partial charge is 0.247 e. The molecule has 2 amide bonds. The number of amides is 2. The van der Waals surface area contributed by atoms with Gasteiger partial charge in [0.25, 0.3) is 0 Å². The number of hydrogen-bond donors (Lipinski definition) is 1. The zero-order chi connectivity index (χ0) is 21.6. The van der Waals surface area contributed by atoms with Crippen molar-refractivity contribution >= 4 is 17.5 Å². The van der Waals surface area contributed by atoms with Gasteiger partial charge >= 0.3 is 0 Å². The number of hydrogen-bond acceptors (Lipinski definition) is 3. The van der Waals surface area contributed by atoms with Crippen LogP contribution >= 0.6 is 0 Å². The van der Waals surface area contributed by atoms with Crippen molar-refractivity contribution in [3.63, 3.8) is 0 Å². The molecule has 2 saturated heterocycles. The SMILES string of the molecule is CC1CCN(Cc2ccc(NC(=O)C3CCCN3C(=O)Cc3ccccc3)cc2)CC1. The Hall–Kier alpha value is -2.66. The summed E-state index contributed by atoms with van der Waals surface area (Å²) in [7, 11) is 0. The lowest BCUT2D eigenvalue weighted by molar-refractivity contribution is -0.136. The van der Waals surface area contributed by atoms with E-state index in [0.717, 1.165) is 49.6 Å². The van der Waals surface area contributed by atoms with Gasteiger partial charge in [0.2, 0.25) is 11.8 Å². The molecule has 0 spiro atoms. The van der Waals surface area contributed by atoms with Crippen LogP contribution < -0.4 is 5.32 Å². The van der Waals surface area contributed by atoms with E-state index < -0.39 is 0 Å². The van der Waals surface area contributed by atoms with Crippen LogP contribution in [0.25, 0.3) is 0 Å². The lowest BCUT2D eigenvalue weighted by Gasteiger charge is -2.30. The highest BCUT2D eigenvalue weighted by atomic mass is 16.2. The molecule has 2 heterocycles. The van der Waals surface area contributed by atoms with Gasteiger partial charge in [0, 0.05) is 18.8 Å². The molecule has 1 unspecified atom stereocenters. The Balaban J connectivity index is 1.31. The number of anilines is 1. The standard InChI is InChI=1S/C26H33N3O2/c1-20-13-16-28(17-14-20)19-22-9-11-23(12-10-22)27-26(31)24-8-5-15-29(24)25(30)18-21-6-3-2-4-7-21/h2-4,6-7,9-12,20,24H,5,8,13-19H2,1H3,(H,27,31). The molecule has 2 aromatic rings. The van der Waals surface area contributed by atoms with Crippen molar-refractivity contribution < 1.29 is 9.59 Å². The summed E-state index contributed by atoms with van der Waals surface area (Å²) in [6.45, 7) is 6.26. The number of piperidine rings is 1. The number of likely N-dealkylation sites (tertiary alicyclic amines) is 2. The molecule has 31 heavy (non-hydrogen) atoms. The highest BCUT2D eigenvalue weighted by Gasteiger charge is 2.33. The number of nitrogens with one attached hydrogen (secondary N) is 1. The molecule has 2 aromatic carbocycles. The van der Waals surface area contributed by atoms with Crippen LogP contribution in [0.15, 0.2) is 54.6 Å². The molecule has 0 aromatic heterocycles. The fourth-order valence-corrected chi connectivity index (χ4v) is 4.61. The van der Waals surface area contributed by atoms with E-state index >= 15 is 0 Å². The Morgan fingerprint density at radius 2 is 1.61 bits per heavy atom. The lowest BCUT2D eigenvalue weighted by Crippen LogP contribution is -2.43. The summed E-state index contributed by atoms with van der Waals surface area (Å²) < 4.78 is 0. The highest BCUT2D eigenvalue weighted by Crippen LogP contribution is 2.22. The summed E-state index contributed by atoms with van der Waals surface area (Å²) >= 11 is 0. The first-order chi connectivity index (χ1) is 15.1. The summed E-state index contributed by atoms with van der Waals surface area (Å²) in [6, 6.07) is 17.5. The minimum atomic E-state index is -0.383. The summed E-state index contributed by atoms with van der Waals surface area (Å²) in [5.41, 5.74) is 3.05. The fraction of sp³-hybridized carbons (Fsp3) is 0.462. The normalized spacial score (nSPS) is 20.0. The van der Waals surface area contributed by atoms with Crippen molar-refractivity contribution in [2.75, 3.05) is 25.0 Å². The summed E-state index contributed by atoms with van der Waals surface area (Å²) in [4.78, 5) is 29.9. The maximum atomic E-state index is 12.9. The van der Waals surface area contributed by atoms with Crippen molar-refractivity contribution in [2.45, 2.75) is 51.6 Å². The summed E-state index contributed by atoms with van der Waals surface area (Å²) in [5.74, 6) is 0.773. The van der Waals surface area contributed by atoms with Gasteiger partial charge in [-0.3, -0.25) is 14.5 Å². The highest BCUT2D eigenvalue weighted by molar-refractivity contribution is 5.97. The molecule has 164 valence electrons. The monoisotopic (exact) mass is 419 g/mol. The van der Waals surface area contributed by atoms with Crippen molar-refractivity contribution in [1.29, 1.82) is 0 Å². The minimum absolute atomic E-state index is 0.0232. The van der Waals surface area contributed by atoms with Crippen LogP contribution in [-0.4, -0.2) is 47.3 Å². The molecule has 0 aliphatic carbocycles. The molecular weight excluding hydrogens is 386 g/mol. The van der Waals surface area contributed by atoms with Gasteiger partial charge in [-0.1, -0.05) is 49.4 Å². The molecule has 0 radical (unpaired) electrons. The van der Waals surface area contributed by atoms with Crippen LogP contribution in [0.3, 0.4) is 0 Å². The van der Waals surface area contributed by atoms with E-state index in [9.17, 15) is 9.59 Å². The van der Waals surface area contributed by atoms with E-state index in [4.69, 9.17) is 0 Å². The second-order valence-corrected chi connectivity index (χ2v) is 9.05. The quantitative estimate of drug-likeness (QED) is 0.767. The zero-order valence-electron chi connectivity index (χ0n) is 18.4. The molecule has 5 heteroatoms. The third kappa shape index (κ3) is 5.73. The van der Waals surface area contributed by atoms with Gasteiger partial charge in [-0.25, -0.2) is 0 Å². The largest absolute Gasteiger partial charge is 0.330 e. The fourth-order valence-electron chi connectivity index (χ4n) is 4.61. The van der Waals surface area contributed by atoms with Crippen LogP contribution in [0.5, 0.6) is 0 Å². The third-order valence-electron chi connectivity index (χ3n) is 6.58. The molecule has 2 aliphatic heterocycles. The maximum absolute atomic E-state index is 12.9. The molecule has 0 saturated carbocycles. The number of carbonyl (C=O) groups excluding carboxylic acids is 2. The van der Waals surface area contributed by atoms with E-state index in [1.165, 1.54) is 18.4 Å². The van der Waals surface area contributed by atoms with Crippen molar-refractivity contribution in [3.05, 3.63) is 65.7 Å². The minimum Gasteiger partial charge on any atom is -0.330 e. The first-order valence-electron chi connectivity index (χ1n) is 11.5. The van der Waals surface area contributed by atoms with Gasteiger partial charge < -0.3 is 10.2 Å². The third-order valence-corrected chi connectivity index (χ3v) is 6.58. The van der Waals surface area contributed by atoms with Gasteiger partial charge in [0.15, 0.2) is 0 Å². The molecular formula is C26H33N3O2. The molecule has 1 atom stereocenters. The Labute approximate surface area is 185 Å². The Bertz CT molecular complexity index is 873. The van der Waals surface area contributed by atoms with Crippen LogP contribution in [-0.2, 0) is 22.6 Å². The van der Waals surface area contributed by atoms with Gasteiger partial charge in [-0.2, -0.15) is 0 Å². The number of rotatable bonds is 6.